The van der Waals surface area contributed by atoms with E-state index in [-0.39, 0.29) is 42.1 Å². The smallest absolute Gasteiger partial charge is 0.329 e. The Morgan fingerprint density at radius 3 is 2.61 bits per heavy atom. The Hall–Kier alpha value is -3.62. The molecule has 4 amide bonds. The summed E-state index contributed by atoms with van der Waals surface area (Å²) in [5.74, 6) is 0.641. The summed E-state index contributed by atoms with van der Waals surface area (Å²) < 4.78 is 6.95. The van der Waals surface area contributed by atoms with E-state index < -0.39 is 12.1 Å². The summed E-state index contributed by atoms with van der Waals surface area (Å²) in [4.78, 5) is 53.4. The van der Waals surface area contributed by atoms with Gasteiger partial charge in [-0.1, -0.05) is 6.07 Å². The van der Waals surface area contributed by atoms with Crippen molar-refractivity contribution in [3.05, 3.63) is 58.5 Å². The van der Waals surface area contributed by atoms with Gasteiger partial charge < -0.3 is 19.5 Å². The molecule has 3 atom stereocenters. The number of methoxy groups -OCH3 is 1. The first-order chi connectivity index (χ1) is 15.9. The maximum atomic E-state index is 13.0. The van der Waals surface area contributed by atoms with Crippen LogP contribution in [0.5, 0.6) is 5.75 Å². The fourth-order valence-corrected chi connectivity index (χ4v) is 5.23. The van der Waals surface area contributed by atoms with Gasteiger partial charge in [-0.25, -0.2) is 9.69 Å². The molecule has 2 fully saturated rings. The number of aromatic nitrogens is 1. The summed E-state index contributed by atoms with van der Waals surface area (Å²) in [6.45, 7) is 1.81. The van der Waals surface area contributed by atoms with Crippen molar-refractivity contribution in [2.45, 2.75) is 37.8 Å². The zero-order valence-corrected chi connectivity index (χ0v) is 18.4. The predicted molar refractivity (Wildman–Crippen MR) is 120 cm³/mol. The Labute approximate surface area is 190 Å². The van der Waals surface area contributed by atoms with E-state index in [2.05, 4.69) is 5.32 Å². The Morgan fingerprint density at radius 1 is 1.06 bits per heavy atom. The molecule has 2 saturated heterocycles. The maximum Gasteiger partial charge on any atom is 0.329 e. The van der Waals surface area contributed by atoms with Crippen LogP contribution < -0.4 is 20.5 Å². The molecule has 3 aliphatic rings. The molecular weight excluding hydrogens is 424 g/mol. The molecule has 0 saturated carbocycles. The van der Waals surface area contributed by atoms with Crippen LogP contribution in [0, 0.1) is 5.92 Å². The third-order valence-electron chi connectivity index (χ3n) is 6.83. The largest absolute Gasteiger partial charge is 0.497 e. The molecule has 2 aromatic rings. The van der Waals surface area contributed by atoms with Crippen LogP contribution in [0.4, 0.5) is 10.5 Å². The lowest BCUT2D eigenvalue weighted by Gasteiger charge is -2.42. The van der Waals surface area contributed by atoms with E-state index in [0.29, 0.717) is 31.1 Å². The van der Waals surface area contributed by atoms with Crippen LogP contribution in [0.2, 0.25) is 0 Å². The zero-order valence-electron chi connectivity index (χ0n) is 18.4. The molecule has 2 bridgehead atoms. The molecule has 0 radical (unpaired) electrons. The average Bonchev–Trinajstić information content (AvgIpc) is 3.11. The number of anilines is 1. The van der Waals surface area contributed by atoms with Gasteiger partial charge in [-0.3, -0.25) is 14.4 Å². The van der Waals surface area contributed by atoms with Crippen LogP contribution in [0.25, 0.3) is 0 Å². The van der Waals surface area contributed by atoms with Crippen molar-refractivity contribution in [2.24, 2.45) is 5.92 Å². The SMILES string of the molecule is COc1ccc(N2C(=O)N[C@H](CCC(=O)N3C[C@H]4C[C@@H](C3)c3cccc(=O)n3C4)C2=O)cc1. The number of carbonyl (C=O) groups excluding carboxylic acids is 3. The maximum absolute atomic E-state index is 13.0. The van der Waals surface area contributed by atoms with Gasteiger partial charge in [0.25, 0.3) is 11.5 Å². The lowest BCUT2D eigenvalue weighted by molar-refractivity contribution is -0.134. The Bertz CT molecular complexity index is 1160. The number of urea groups is 1. The van der Waals surface area contributed by atoms with Crippen LogP contribution in [0.1, 0.15) is 30.9 Å². The average molecular weight is 450 g/mol. The third-order valence-corrected chi connectivity index (χ3v) is 6.83. The molecule has 172 valence electrons. The van der Waals surface area contributed by atoms with Crippen LogP contribution in [0.15, 0.2) is 47.3 Å². The first-order valence-electron chi connectivity index (χ1n) is 11.2. The van der Waals surface area contributed by atoms with Gasteiger partial charge >= 0.3 is 6.03 Å². The fourth-order valence-electron chi connectivity index (χ4n) is 5.23. The van der Waals surface area contributed by atoms with Crippen molar-refractivity contribution in [1.29, 1.82) is 0 Å². The summed E-state index contributed by atoms with van der Waals surface area (Å²) >= 11 is 0. The number of pyridine rings is 1. The van der Waals surface area contributed by atoms with Gasteiger partial charge in [-0.05, 0) is 49.1 Å². The second-order valence-corrected chi connectivity index (χ2v) is 8.91. The number of fused-ring (bicyclic) bond motifs is 4. The number of rotatable bonds is 5. The molecular formula is C24H26N4O5. The van der Waals surface area contributed by atoms with Crippen molar-refractivity contribution < 1.29 is 19.1 Å². The Balaban J connectivity index is 1.21. The summed E-state index contributed by atoms with van der Waals surface area (Å²) in [6.07, 6.45) is 1.40. The zero-order chi connectivity index (χ0) is 23.1. The number of hydrogen-bond acceptors (Lipinski definition) is 5. The minimum Gasteiger partial charge on any atom is -0.497 e. The van der Waals surface area contributed by atoms with E-state index in [1.807, 2.05) is 15.5 Å². The molecule has 9 nitrogen and oxygen atoms in total. The molecule has 0 unspecified atom stereocenters. The quantitative estimate of drug-likeness (QED) is 0.699. The van der Waals surface area contributed by atoms with E-state index in [1.165, 1.54) is 0 Å². The van der Waals surface area contributed by atoms with Crippen LogP contribution in [-0.4, -0.2) is 53.6 Å². The summed E-state index contributed by atoms with van der Waals surface area (Å²) in [5.41, 5.74) is 1.47. The number of carbonyl (C=O) groups is 3. The highest BCUT2D eigenvalue weighted by atomic mass is 16.5. The third kappa shape index (κ3) is 3.88. The van der Waals surface area contributed by atoms with E-state index in [0.717, 1.165) is 17.0 Å². The number of imide groups is 1. The molecule has 5 rings (SSSR count). The second-order valence-electron chi connectivity index (χ2n) is 8.91. The molecule has 1 aromatic carbocycles. The molecule has 1 aromatic heterocycles. The first kappa shape index (κ1) is 21.2. The number of nitrogens with zero attached hydrogens (tertiary/aromatic N) is 3. The number of hydrogen-bond donors (Lipinski definition) is 1. The van der Waals surface area contributed by atoms with Crippen molar-refractivity contribution in [3.63, 3.8) is 0 Å². The summed E-state index contributed by atoms with van der Waals surface area (Å²) in [7, 11) is 1.55. The normalized spacial score (nSPS) is 23.8. The van der Waals surface area contributed by atoms with Gasteiger partial charge in [0, 0.05) is 43.7 Å². The monoisotopic (exact) mass is 450 g/mol. The molecule has 9 heteroatoms. The summed E-state index contributed by atoms with van der Waals surface area (Å²) in [6, 6.07) is 10.8. The van der Waals surface area contributed by atoms with Crippen molar-refractivity contribution in [1.82, 2.24) is 14.8 Å². The van der Waals surface area contributed by atoms with Crippen LogP contribution in [0.3, 0.4) is 0 Å². The van der Waals surface area contributed by atoms with Gasteiger partial charge in [0.1, 0.15) is 11.8 Å². The minimum absolute atomic E-state index is 0.0129. The Kier molecular flexibility index (Phi) is 5.39. The van der Waals surface area contributed by atoms with Gasteiger partial charge in [-0.2, -0.15) is 0 Å². The molecule has 1 N–H and O–H groups in total. The highest BCUT2D eigenvalue weighted by Gasteiger charge is 2.40. The lowest BCUT2D eigenvalue weighted by atomic mass is 9.83. The highest BCUT2D eigenvalue weighted by molar-refractivity contribution is 6.21. The highest BCUT2D eigenvalue weighted by Crippen LogP contribution is 2.35. The molecule has 0 spiro atoms. The number of piperidine rings is 1. The van der Waals surface area contributed by atoms with Gasteiger partial charge in [0.05, 0.1) is 12.8 Å². The summed E-state index contributed by atoms with van der Waals surface area (Å²) in [5, 5.41) is 2.70. The number of benzene rings is 1. The number of likely N-dealkylation sites (tertiary alicyclic amines) is 1. The Morgan fingerprint density at radius 2 is 1.85 bits per heavy atom. The van der Waals surface area contributed by atoms with E-state index in [9.17, 15) is 19.2 Å². The standard InChI is InChI=1S/C24H26N4O5/c1-33-18-7-5-17(6-8-18)28-23(31)19(25-24(28)32)9-10-21(29)26-12-15-11-16(14-26)20-3-2-4-22(30)27(20)13-15/h2-8,15-16,19H,9-14H2,1H3,(H,25,32)/t15-,16+,19-/m1/s1. The topological polar surface area (TPSA) is 101 Å². The number of ether oxygens (including phenoxy) is 1. The van der Waals surface area contributed by atoms with Crippen molar-refractivity contribution >= 4 is 23.5 Å². The van der Waals surface area contributed by atoms with Gasteiger partial charge in [-0.15, -0.1) is 0 Å². The number of nitrogens with one attached hydrogen (secondary N) is 1. The van der Waals surface area contributed by atoms with E-state index in [1.54, 1.807) is 43.5 Å². The fraction of sp³-hybridized carbons (Fsp3) is 0.417. The predicted octanol–water partition coefficient (Wildman–Crippen LogP) is 1.71. The van der Waals surface area contributed by atoms with Gasteiger partial charge in [0.15, 0.2) is 0 Å². The van der Waals surface area contributed by atoms with Crippen LogP contribution in [-0.2, 0) is 16.1 Å². The number of amides is 4. The first-order valence-corrected chi connectivity index (χ1v) is 11.2. The molecule has 0 aliphatic carbocycles. The van der Waals surface area contributed by atoms with E-state index in [4.69, 9.17) is 4.74 Å². The minimum atomic E-state index is -0.729. The lowest BCUT2D eigenvalue weighted by Crippen LogP contribution is -2.49. The van der Waals surface area contributed by atoms with Crippen molar-refractivity contribution in [2.75, 3.05) is 25.1 Å². The molecule has 3 aliphatic heterocycles. The van der Waals surface area contributed by atoms with Crippen molar-refractivity contribution in [3.8, 4) is 5.75 Å². The van der Waals surface area contributed by atoms with Crippen LogP contribution >= 0.6 is 0 Å². The molecule has 4 heterocycles. The second kappa shape index (κ2) is 8.38. The van der Waals surface area contributed by atoms with Gasteiger partial charge in [0.2, 0.25) is 5.91 Å². The molecule has 33 heavy (non-hydrogen) atoms. The van der Waals surface area contributed by atoms with E-state index >= 15 is 0 Å².